The number of hydrogen-bond acceptors (Lipinski definition) is 2. The summed E-state index contributed by atoms with van der Waals surface area (Å²) < 4.78 is 14.5. The van der Waals surface area contributed by atoms with E-state index < -0.39 is 0 Å². The van der Waals surface area contributed by atoms with Crippen LogP contribution in [0.15, 0.2) is 48.7 Å². The molecule has 0 saturated heterocycles. The number of rotatable bonds is 2. The Morgan fingerprint density at radius 3 is 2.38 bits per heavy atom. The maximum absolute atomic E-state index is 13.0. The number of anilines is 1. The molecule has 0 bridgehead atoms. The van der Waals surface area contributed by atoms with Crippen molar-refractivity contribution in [2.75, 3.05) is 5.73 Å². The van der Waals surface area contributed by atoms with Crippen LogP contribution in [-0.4, -0.2) is 9.78 Å². The average Bonchev–Trinajstić information content (AvgIpc) is 2.85. The van der Waals surface area contributed by atoms with Gasteiger partial charge in [0, 0.05) is 5.56 Å². The van der Waals surface area contributed by atoms with Crippen LogP contribution < -0.4 is 5.73 Å². The minimum Gasteiger partial charge on any atom is -0.396 e. The molecular formula is C15H10Cl2FN3. The molecule has 3 rings (SSSR count). The van der Waals surface area contributed by atoms with Crippen molar-refractivity contribution in [2.45, 2.75) is 0 Å². The van der Waals surface area contributed by atoms with E-state index in [9.17, 15) is 4.39 Å². The maximum atomic E-state index is 13.0. The monoisotopic (exact) mass is 321 g/mol. The van der Waals surface area contributed by atoms with Crippen LogP contribution in [-0.2, 0) is 0 Å². The summed E-state index contributed by atoms with van der Waals surface area (Å²) in [5.74, 6) is -0.302. The van der Waals surface area contributed by atoms with Crippen LogP contribution >= 0.6 is 23.2 Å². The predicted molar refractivity (Wildman–Crippen MR) is 83.4 cm³/mol. The molecule has 0 aliphatic heterocycles. The molecule has 2 aromatic carbocycles. The summed E-state index contributed by atoms with van der Waals surface area (Å²) in [6.45, 7) is 0. The van der Waals surface area contributed by atoms with Gasteiger partial charge in [-0.2, -0.15) is 5.10 Å². The van der Waals surface area contributed by atoms with Gasteiger partial charge in [-0.1, -0.05) is 29.3 Å². The van der Waals surface area contributed by atoms with Gasteiger partial charge in [-0.15, -0.1) is 0 Å². The molecular weight excluding hydrogens is 312 g/mol. The molecule has 0 radical (unpaired) electrons. The topological polar surface area (TPSA) is 43.8 Å². The molecule has 0 amide bonds. The Balaban J connectivity index is 2.05. The molecule has 0 spiro atoms. The quantitative estimate of drug-likeness (QED) is 0.751. The fraction of sp³-hybridized carbons (Fsp3) is 0. The summed E-state index contributed by atoms with van der Waals surface area (Å²) >= 11 is 11.9. The number of nitrogen functional groups attached to an aromatic ring is 1. The van der Waals surface area contributed by atoms with Crippen LogP contribution in [0.4, 0.5) is 10.1 Å². The zero-order valence-corrected chi connectivity index (χ0v) is 12.2. The summed E-state index contributed by atoms with van der Waals surface area (Å²) in [5, 5.41) is 5.32. The minimum atomic E-state index is -0.302. The van der Waals surface area contributed by atoms with Crippen LogP contribution in [0.5, 0.6) is 0 Å². The lowest BCUT2D eigenvalue weighted by molar-refractivity contribution is 0.627. The molecule has 0 unspecified atom stereocenters. The first-order valence-electron chi connectivity index (χ1n) is 6.11. The molecule has 21 heavy (non-hydrogen) atoms. The van der Waals surface area contributed by atoms with E-state index in [2.05, 4.69) is 5.10 Å². The predicted octanol–water partition coefficient (Wildman–Crippen LogP) is 4.57. The highest BCUT2D eigenvalue weighted by molar-refractivity contribution is 6.42. The first-order valence-corrected chi connectivity index (χ1v) is 6.87. The molecule has 0 saturated carbocycles. The van der Waals surface area contributed by atoms with Crippen molar-refractivity contribution in [3.63, 3.8) is 0 Å². The first-order chi connectivity index (χ1) is 10.0. The number of hydrogen-bond donors (Lipinski definition) is 1. The van der Waals surface area contributed by atoms with Crippen molar-refractivity contribution in [1.29, 1.82) is 0 Å². The van der Waals surface area contributed by atoms with E-state index in [1.54, 1.807) is 41.2 Å². The van der Waals surface area contributed by atoms with Crippen molar-refractivity contribution >= 4 is 28.9 Å². The number of nitrogens with two attached hydrogens (primary N) is 1. The van der Waals surface area contributed by atoms with Crippen LogP contribution in [0.25, 0.3) is 16.9 Å². The van der Waals surface area contributed by atoms with Gasteiger partial charge in [0.1, 0.15) is 11.5 Å². The van der Waals surface area contributed by atoms with E-state index >= 15 is 0 Å². The lowest BCUT2D eigenvalue weighted by Gasteiger charge is -2.02. The summed E-state index contributed by atoms with van der Waals surface area (Å²) in [6.07, 6.45) is 1.67. The molecule has 106 valence electrons. The zero-order valence-electron chi connectivity index (χ0n) is 10.7. The number of benzene rings is 2. The third-order valence-electron chi connectivity index (χ3n) is 3.03. The second-order valence-electron chi connectivity index (χ2n) is 4.48. The highest BCUT2D eigenvalue weighted by atomic mass is 35.5. The molecule has 0 fully saturated rings. The third kappa shape index (κ3) is 2.73. The molecule has 1 aromatic heterocycles. The summed E-state index contributed by atoms with van der Waals surface area (Å²) in [5.41, 5.74) is 8.57. The number of nitrogens with zero attached hydrogens (tertiary/aromatic N) is 2. The van der Waals surface area contributed by atoms with E-state index in [1.807, 2.05) is 0 Å². The van der Waals surface area contributed by atoms with Gasteiger partial charge in [0.05, 0.1) is 27.6 Å². The SMILES string of the molecule is Nc1cn(-c2ccc(F)cc2)nc1-c1ccc(Cl)c(Cl)c1. The molecule has 2 N–H and O–H groups in total. The van der Waals surface area contributed by atoms with Crippen molar-refractivity contribution < 1.29 is 4.39 Å². The smallest absolute Gasteiger partial charge is 0.123 e. The van der Waals surface area contributed by atoms with Crippen molar-refractivity contribution in [3.8, 4) is 16.9 Å². The van der Waals surface area contributed by atoms with Crippen LogP contribution in [0.3, 0.4) is 0 Å². The number of halogens is 3. The lowest BCUT2D eigenvalue weighted by Crippen LogP contribution is -1.94. The second kappa shape index (κ2) is 5.39. The first kappa shape index (κ1) is 13.9. The van der Waals surface area contributed by atoms with E-state index in [0.717, 1.165) is 11.3 Å². The molecule has 3 nitrogen and oxygen atoms in total. The van der Waals surface area contributed by atoms with Crippen LogP contribution in [0.1, 0.15) is 0 Å². The molecule has 0 aliphatic rings. The second-order valence-corrected chi connectivity index (χ2v) is 5.30. The van der Waals surface area contributed by atoms with E-state index in [-0.39, 0.29) is 5.82 Å². The van der Waals surface area contributed by atoms with Gasteiger partial charge in [-0.3, -0.25) is 0 Å². The fourth-order valence-electron chi connectivity index (χ4n) is 1.98. The van der Waals surface area contributed by atoms with Crippen molar-refractivity contribution in [2.24, 2.45) is 0 Å². The summed E-state index contributed by atoms with van der Waals surface area (Å²) in [7, 11) is 0. The van der Waals surface area contributed by atoms with Crippen molar-refractivity contribution in [3.05, 3.63) is 64.5 Å². The normalized spacial score (nSPS) is 10.8. The minimum absolute atomic E-state index is 0.302. The third-order valence-corrected chi connectivity index (χ3v) is 3.77. The van der Waals surface area contributed by atoms with E-state index in [1.165, 1.54) is 12.1 Å². The summed E-state index contributed by atoms with van der Waals surface area (Å²) in [6, 6.07) is 11.2. The summed E-state index contributed by atoms with van der Waals surface area (Å²) in [4.78, 5) is 0. The van der Waals surface area contributed by atoms with Crippen LogP contribution in [0, 0.1) is 5.82 Å². The Bertz CT molecular complexity index is 797. The standard InChI is InChI=1S/C15H10Cl2FN3/c16-12-6-1-9(7-13(12)17)15-14(19)8-21(20-15)11-4-2-10(18)3-5-11/h1-8H,19H2. The molecule has 1 heterocycles. The lowest BCUT2D eigenvalue weighted by atomic mass is 10.1. The van der Waals surface area contributed by atoms with Gasteiger partial charge < -0.3 is 5.73 Å². The molecule has 0 aliphatic carbocycles. The van der Waals surface area contributed by atoms with Crippen molar-refractivity contribution in [1.82, 2.24) is 9.78 Å². The Labute approximate surface area is 130 Å². The number of aromatic nitrogens is 2. The van der Waals surface area contributed by atoms with Gasteiger partial charge in [0.25, 0.3) is 0 Å². The molecule has 0 atom stereocenters. The maximum Gasteiger partial charge on any atom is 0.123 e. The average molecular weight is 322 g/mol. The van der Waals surface area contributed by atoms with Crippen LogP contribution in [0.2, 0.25) is 10.0 Å². The van der Waals surface area contributed by atoms with Gasteiger partial charge in [-0.05, 0) is 36.4 Å². The molecule has 6 heteroatoms. The van der Waals surface area contributed by atoms with Gasteiger partial charge in [-0.25, -0.2) is 9.07 Å². The Kier molecular flexibility index (Phi) is 3.57. The van der Waals surface area contributed by atoms with E-state index in [4.69, 9.17) is 28.9 Å². The Hall–Kier alpha value is -2.04. The highest BCUT2D eigenvalue weighted by Gasteiger charge is 2.11. The Morgan fingerprint density at radius 2 is 1.71 bits per heavy atom. The molecule has 3 aromatic rings. The fourth-order valence-corrected chi connectivity index (χ4v) is 2.28. The van der Waals surface area contributed by atoms with Gasteiger partial charge in [0.2, 0.25) is 0 Å². The highest BCUT2D eigenvalue weighted by Crippen LogP contribution is 2.31. The van der Waals surface area contributed by atoms with Gasteiger partial charge in [0.15, 0.2) is 0 Å². The van der Waals surface area contributed by atoms with Gasteiger partial charge >= 0.3 is 0 Å². The zero-order chi connectivity index (χ0) is 15.0. The Morgan fingerprint density at radius 1 is 1.00 bits per heavy atom. The van der Waals surface area contributed by atoms with E-state index in [0.29, 0.717) is 21.4 Å². The largest absolute Gasteiger partial charge is 0.396 e.